The van der Waals surface area contributed by atoms with Gasteiger partial charge in [0.05, 0.1) is 11.6 Å². The molecule has 3 aromatic carbocycles. The molecule has 1 heterocycles. The summed E-state index contributed by atoms with van der Waals surface area (Å²) in [6, 6.07) is 17.8. The van der Waals surface area contributed by atoms with Gasteiger partial charge in [0.1, 0.15) is 24.1 Å². The summed E-state index contributed by atoms with van der Waals surface area (Å²) >= 11 is 9.51. The molecule has 0 aliphatic rings. The molecule has 4 rings (SSSR count). The topological polar surface area (TPSA) is 105 Å². The SMILES string of the molecule is CN(CC(=O)Nc1ccc(Oc2ccc(Br)cc2)c(F)c1)C(COc1ccccc1Cl)c1nn[nH]n1. The Balaban J connectivity index is 1.38. The number of aromatic amines is 1. The second kappa shape index (κ2) is 11.9. The lowest BCUT2D eigenvalue weighted by atomic mass is 10.2. The molecular formula is C24H21BrClFN6O3. The zero-order valence-electron chi connectivity index (χ0n) is 19.0. The minimum atomic E-state index is -0.609. The number of halogens is 3. The van der Waals surface area contributed by atoms with Gasteiger partial charge in [0.25, 0.3) is 0 Å². The molecule has 186 valence electrons. The summed E-state index contributed by atoms with van der Waals surface area (Å²) in [5.74, 6) is 0.388. The number of para-hydroxylation sites is 1. The van der Waals surface area contributed by atoms with Gasteiger partial charge in [-0.15, -0.1) is 10.2 Å². The van der Waals surface area contributed by atoms with Gasteiger partial charge >= 0.3 is 0 Å². The monoisotopic (exact) mass is 574 g/mol. The third kappa shape index (κ3) is 6.78. The Kier molecular flexibility index (Phi) is 8.47. The van der Waals surface area contributed by atoms with Crippen LogP contribution in [0.25, 0.3) is 0 Å². The van der Waals surface area contributed by atoms with E-state index in [-0.39, 0.29) is 30.5 Å². The summed E-state index contributed by atoms with van der Waals surface area (Å²) in [7, 11) is 1.71. The molecule has 0 spiro atoms. The van der Waals surface area contributed by atoms with Crippen LogP contribution in [0.2, 0.25) is 5.02 Å². The number of likely N-dealkylation sites (N-methyl/N-ethyl adjacent to an activating group) is 1. The van der Waals surface area contributed by atoms with E-state index in [1.54, 1.807) is 66.5 Å². The Hall–Kier alpha value is -3.54. The Morgan fingerprint density at radius 1 is 1.17 bits per heavy atom. The molecule has 9 nitrogen and oxygen atoms in total. The smallest absolute Gasteiger partial charge is 0.238 e. The van der Waals surface area contributed by atoms with Gasteiger partial charge in [-0.25, -0.2) is 4.39 Å². The zero-order valence-corrected chi connectivity index (χ0v) is 21.3. The fourth-order valence-corrected chi connectivity index (χ4v) is 3.72. The number of tetrazole rings is 1. The van der Waals surface area contributed by atoms with Crippen molar-refractivity contribution in [1.29, 1.82) is 0 Å². The van der Waals surface area contributed by atoms with E-state index in [9.17, 15) is 9.18 Å². The van der Waals surface area contributed by atoms with Gasteiger partial charge in [0, 0.05) is 16.2 Å². The van der Waals surface area contributed by atoms with Crippen LogP contribution in [0.3, 0.4) is 0 Å². The maximum Gasteiger partial charge on any atom is 0.238 e. The number of ether oxygens (including phenoxy) is 2. The quantitative estimate of drug-likeness (QED) is 0.267. The van der Waals surface area contributed by atoms with E-state index in [2.05, 4.69) is 41.9 Å². The van der Waals surface area contributed by atoms with Gasteiger partial charge < -0.3 is 14.8 Å². The molecule has 0 fully saturated rings. The van der Waals surface area contributed by atoms with Crippen LogP contribution < -0.4 is 14.8 Å². The Bertz CT molecular complexity index is 1310. The first kappa shape index (κ1) is 25.5. The van der Waals surface area contributed by atoms with Crippen LogP contribution in [0.5, 0.6) is 17.2 Å². The molecule has 36 heavy (non-hydrogen) atoms. The molecule has 0 saturated heterocycles. The largest absolute Gasteiger partial charge is 0.490 e. The average molecular weight is 576 g/mol. The minimum absolute atomic E-state index is 0.0429. The molecule has 1 amide bonds. The van der Waals surface area contributed by atoms with Crippen LogP contribution in [0.1, 0.15) is 11.9 Å². The number of rotatable bonds is 10. The van der Waals surface area contributed by atoms with Crippen molar-refractivity contribution in [3.63, 3.8) is 0 Å². The highest BCUT2D eigenvalue weighted by atomic mass is 79.9. The van der Waals surface area contributed by atoms with Gasteiger partial charge in [0.15, 0.2) is 17.4 Å². The van der Waals surface area contributed by atoms with Gasteiger partial charge in [0.2, 0.25) is 5.91 Å². The molecule has 0 bridgehead atoms. The molecule has 0 aliphatic carbocycles. The molecule has 0 radical (unpaired) electrons. The molecule has 0 saturated carbocycles. The standard InChI is InChI=1S/C24H21BrClFN6O3/c1-33(20(24-29-31-32-30-24)14-35-21-5-3-2-4-18(21)26)13-23(34)28-16-8-11-22(19(27)12-16)36-17-9-6-15(25)7-10-17/h2-12,20H,13-14H2,1H3,(H,28,34)(H,29,30,31,32). The van der Waals surface area contributed by atoms with Crippen molar-refractivity contribution in [2.24, 2.45) is 0 Å². The predicted octanol–water partition coefficient (Wildman–Crippen LogP) is 5.24. The highest BCUT2D eigenvalue weighted by Gasteiger charge is 2.25. The first-order valence-electron chi connectivity index (χ1n) is 10.7. The second-order valence-electron chi connectivity index (χ2n) is 7.69. The van der Waals surface area contributed by atoms with Gasteiger partial charge in [-0.1, -0.05) is 44.9 Å². The number of benzene rings is 3. The van der Waals surface area contributed by atoms with Crippen LogP contribution in [0.4, 0.5) is 10.1 Å². The molecule has 2 N–H and O–H groups in total. The van der Waals surface area contributed by atoms with E-state index in [1.807, 2.05) is 0 Å². The van der Waals surface area contributed by atoms with E-state index < -0.39 is 11.9 Å². The van der Waals surface area contributed by atoms with E-state index in [1.165, 1.54) is 12.1 Å². The number of hydrogen-bond donors (Lipinski definition) is 2. The van der Waals surface area contributed by atoms with Crippen molar-refractivity contribution in [1.82, 2.24) is 25.5 Å². The Labute approximate surface area is 219 Å². The molecule has 4 aromatic rings. The van der Waals surface area contributed by atoms with Gasteiger partial charge in [-0.05, 0) is 55.6 Å². The normalized spacial score (nSPS) is 11.8. The fraction of sp³-hybridized carbons (Fsp3) is 0.167. The Morgan fingerprint density at radius 2 is 1.94 bits per heavy atom. The number of carbonyl (C=O) groups is 1. The molecular weight excluding hydrogens is 555 g/mol. The first-order valence-corrected chi connectivity index (χ1v) is 11.9. The molecule has 12 heteroatoms. The maximum atomic E-state index is 14.6. The van der Waals surface area contributed by atoms with Crippen molar-refractivity contribution in [2.75, 3.05) is 25.5 Å². The summed E-state index contributed by atoms with van der Waals surface area (Å²) in [6.07, 6.45) is 0. The number of H-pyrrole nitrogens is 1. The third-order valence-electron chi connectivity index (χ3n) is 5.08. The van der Waals surface area contributed by atoms with E-state index in [0.717, 1.165) is 4.47 Å². The van der Waals surface area contributed by atoms with E-state index in [4.69, 9.17) is 21.1 Å². The maximum absolute atomic E-state index is 14.6. The number of nitrogens with one attached hydrogen (secondary N) is 2. The van der Waals surface area contributed by atoms with E-state index in [0.29, 0.717) is 22.3 Å². The number of anilines is 1. The number of nitrogens with zero attached hydrogens (tertiary/aromatic N) is 4. The number of aromatic nitrogens is 4. The molecule has 0 aliphatic heterocycles. The van der Waals surface area contributed by atoms with E-state index >= 15 is 0 Å². The molecule has 1 aromatic heterocycles. The molecule has 1 unspecified atom stereocenters. The van der Waals surface area contributed by atoms with Crippen LogP contribution >= 0.6 is 27.5 Å². The van der Waals surface area contributed by atoms with Crippen molar-refractivity contribution in [3.8, 4) is 17.2 Å². The second-order valence-corrected chi connectivity index (χ2v) is 9.01. The summed E-state index contributed by atoms with van der Waals surface area (Å²) < 4.78 is 26.9. The average Bonchev–Trinajstić information content (AvgIpc) is 3.38. The summed E-state index contributed by atoms with van der Waals surface area (Å²) in [5.41, 5.74) is 0.289. The highest BCUT2D eigenvalue weighted by Crippen LogP contribution is 2.28. The zero-order chi connectivity index (χ0) is 25.5. The first-order chi connectivity index (χ1) is 17.4. The lowest BCUT2D eigenvalue weighted by Gasteiger charge is -2.25. The molecule has 1 atom stereocenters. The summed E-state index contributed by atoms with van der Waals surface area (Å²) in [4.78, 5) is 14.4. The Morgan fingerprint density at radius 3 is 2.64 bits per heavy atom. The van der Waals surface area contributed by atoms with Gasteiger partial charge in [-0.2, -0.15) is 5.21 Å². The van der Waals surface area contributed by atoms with Crippen LogP contribution in [0, 0.1) is 5.82 Å². The highest BCUT2D eigenvalue weighted by molar-refractivity contribution is 9.10. The lowest BCUT2D eigenvalue weighted by Crippen LogP contribution is -2.36. The van der Waals surface area contributed by atoms with Crippen LogP contribution in [-0.2, 0) is 4.79 Å². The fourth-order valence-electron chi connectivity index (χ4n) is 3.27. The van der Waals surface area contributed by atoms with Crippen molar-refractivity contribution in [2.45, 2.75) is 6.04 Å². The third-order valence-corrected chi connectivity index (χ3v) is 5.92. The van der Waals surface area contributed by atoms with Crippen molar-refractivity contribution >= 4 is 39.1 Å². The number of amides is 1. The van der Waals surface area contributed by atoms with Gasteiger partial charge in [-0.3, -0.25) is 9.69 Å². The van der Waals surface area contributed by atoms with Crippen LogP contribution in [-0.4, -0.2) is 51.6 Å². The number of hydrogen-bond acceptors (Lipinski definition) is 7. The van der Waals surface area contributed by atoms with Crippen LogP contribution in [0.15, 0.2) is 71.2 Å². The number of carbonyl (C=O) groups excluding carboxylic acids is 1. The lowest BCUT2D eigenvalue weighted by molar-refractivity contribution is -0.117. The van der Waals surface area contributed by atoms with Crippen molar-refractivity contribution in [3.05, 3.63) is 87.9 Å². The van der Waals surface area contributed by atoms with Crippen molar-refractivity contribution < 1.29 is 18.7 Å². The summed E-state index contributed by atoms with van der Waals surface area (Å²) in [6.45, 7) is 0.0631. The minimum Gasteiger partial charge on any atom is -0.490 e. The predicted molar refractivity (Wildman–Crippen MR) is 136 cm³/mol. The summed E-state index contributed by atoms with van der Waals surface area (Å²) in [5, 5.41) is 17.2.